The predicted molar refractivity (Wildman–Crippen MR) is 75.7 cm³/mol. The number of nitrogens with zero attached hydrogens (tertiary/aromatic N) is 3. The van der Waals surface area contributed by atoms with Gasteiger partial charge in [-0.15, -0.1) is 0 Å². The summed E-state index contributed by atoms with van der Waals surface area (Å²) in [5.41, 5.74) is 1.53. The van der Waals surface area contributed by atoms with Gasteiger partial charge < -0.3 is 9.73 Å². The second kappa shape index (κ2) is 5.30. The molecule has 0 fully saturated rings. The van der Waals surface area contributed by atoms with Crippen LogP contribution in [-0.2, 0) is 0 Å². The molecule has 0 atom stereocenters. The monoisotopic (exact) mass is 332 g/mol. The van der Waals surface area contributed by atoms with E-state index in [1.54, 1.807) is 35.3 Å². The number of amides is 1. The molecule has 20 heavy (non-hydrogen) atoms. The largest absolute Gasteiger partial charge is 0.444 e. The van der Waals surface area contributed by atoms with Crippen molar-refractivity contribution in [2.24, 2.45) is 0 Å². The zero-order valence-corrected chi connectivity index (χ0v) is 11.7. The maximum absolute atomic E-state index is 11.9. The minimum atomic E-state index is -0.302. The van der Waals surface area contributed by atoms with E-state index < -0.39 is 0 Å². The van der Waals surface area contributed by atoms with Gasteiger partial charge >= 0.3 is 0 Å². The zero-order chi connectivity index (χ0) is 13.9. The molecule has 0 aliphatic heterocycles. The molecule has 7 heteroatoms. The molecule has 0 spiro atoms. The Bertz CT molecular complexity index is 719. The number of halogens is 1. The second-order valence-corrected chi connectivity index (χ2v) is 4.73. The zero-order valence-electron chi connectivity index (χ0n) is 10.2. The Morgan fingerprint density at radius 1 is 1.20 bits per heavy atom. The van der Waals surface area contributed by atoms with Crippen LogP contribution in [0.5, 0.6) is 0 Å². The molecule has 0 unspecified atom stereocenters. The lowest BCUT2D eigenvalue weighted by molar-refractivity contribution is 0.0995. The van der Waals surface area contributed by atoms with E-state index in [0.29, 0.717) is 10.4 Å². The molecule has 0 radical (unpaired) electrons. The van der Waals surface area contributed by atoms with Gasteiger partial charge in [-0.2, -0.15) is 5.10 Å². The molecular weight excluding hydrogens is 324 g/mol. The predicted octanol–water partition coefficient (Wildman–Crippen LogP) is 2.88. The van der Waals surface area contributed by atoms with Crippen molar-refractivity contribution >= 4 is 27.5 Å². The van der Waals surface area contributed by atoms with Crippen molar-refractivity contribution < 1.29 is 9.21 Å². The van der Waals surface area contributed by atoms with Gasteiger partial charge in [0.2, 0.25) is 0 Å². The summed E-state index contributed by atoms with van der Waals surface area (Å²) in [6, 6.07) is 10.5. The van der Waals surface area contributed by atoms with Gasteiger partial charge in [-0.05, 0) is 52.3 Å². The van der Waals surface area contributed by atoms with Crippen LogP contribution in [-0.4, -0.2) is 20.7 Å². The molecule has 0 saturated carbocycles. The summed E-state index contributed by atoms with van der Waals surface area (Å²) in [7, 11) is 0. The van der Waals surface area contributed by atoms with Crippen LogP contribution in [0.2, 0.25) is 0 Å². The number of anilines is 1. The van der Waals surface area contributed by atoms with Crippen molar-refractivity contribution in [3.63, 3.8) is 0 Å². The summed E-state index contributed by atoms with van der Waals surface area (Å²) in [6.07, 6.45) is 3.07. The van der Waals surface area contributed by atoms with Gasteiger partial charge in [0.25, 0.3) is 5.91 Å². The Morgan fingerprint density at radius 3 is 2.60 bits per heavy atom. The summed E-state index contributed by atoms with van der Waals surface area (Å²) in [5.74, 6) is -0.0542. The number of furan rings is 1. The highest BCUT2D eigenvalue weighted by molar-refractivity contribution is 9.10. The highest BCUT2D eigenvalue weighted by atomic mass is 79.9. The van der Waals surface area contributed by atoms with Gasteiger partial charge in [-0.25, -0.2) is 9.67 Å². The molecule has 100 valence electrons. The van der Waals surface area contributed by atoms with Crippen molar-refractivity contribution in [1.29, 1.82) is 0 Å². The summed E-state index contributed by atoms with van der Waals surface area (Å²) in [4.78, 5) is 15.8. The molecule has 0 aliphatic rings. The van der Waals surface area contributed by atoms with Crippen LogP contribution >= 0.6 is 15.9 Å². The number of rotatable bonds is 3. The van der Waals surface area contributed by atoms with E-state index in [1.165, 1.54) is 6.33 Å². The highest BCUT2D eigenvalue weighted by Gasteiger charge is 2.10. The van der Waals surface area contributed by atoms with E-state index in [-0.39, 0.29) is 11.7 Å². The van der Waals surface area contributed by atoms with Crippen LogP contribution in [0.4, 0.5) is 5.69 Å². The van der Waals surface area contributed by atoms with Gasteiger partial charge in [0, 0.05) is 5.69 Å². The second-order valence-electron chi connectivity index (χ2n) is 3.94. The third-order valence-corrected chi connectivity index (χ3v) is 3.03. The van der Waals surface area contributed by atoms with Crippen LogP contribution in [0.25, 0.3) is 5.69 Å². The van der Waals surface area contributed by atoms with Crippen LogP contribution in [0.15, 0.2) is 58.1 Å². The first kappa shape index (κ1) is 12.6. The van der Waals surface area contributed by atoms with Crippen LogP contribution in [0, 0.1) is 0 Å². The third-order valence-electron chi connectivity index (χ3n) is 2.61. The Hall–Kier alpha value is -2.41. The number of aromatic nitrogens is 3. The number of nitrogens with one attached hydrogen (secondary N) is 1. The lowest BCUT2D eigenvalue weighted by atomic mass is 10.2. The first-order chi connectivity index (χ1) is 9.72. The molecule has 1 N–H and O–H groups in total. The van der Waals surface area contributed by atoms with Crippen LogP contribution in [0.3, 0.4) is 0 Å². The van der Waals surface area contributed by atoms with E-state index >= 15 is 0 Å². The molecule has 3 aromatic rings. The minimum absolute atomic E-state index is 0.247. The minimum Gasteiger partial charge on any atom is -0.444 e. The Morgan fingerprint density at radius 2 is 2.00 bits per heavy atom. The fourth-order valence-corrected chi connectivity index (χ4v) is 1.97. The summed E-state index contributed by atoms with van der Waals surface area (Å²) in [6.45, 7) is 0. The quantitative estimate of drug-likeness (QED) is 0.800. The molecule has 2 heterocycles. The summed E-state index contributed by atoms with van der Waals surface area (Å²) in [5, 5.41) is 6.77. The molecule has 6 nitrogen and oxygen atoms in total. The number of benzene rings is 1. The number of hydrogen-bond donors (Lipinski definition) is 1. The maximum Gasteiger partial charge on any atom is 0.291 e. The van der Waals surface area contributed by atoms with Crippen molar-refractivity contribution in [1.82, 2.24) is 14.8 Å². The summed E-state index contributed by atoms with van der Waals surface area (Å²) < 4.78 is 7.33. The van der Waals surface area contributed by atoms with Gasteiger partial charge in [0.05, 0.1) is 5.69 Å². The molecule has 1 amide bonds. The lowest BCUT2D eigenvalue weighted by Gasteiger charge is -2.05. The Balaban J connectivity index is 1.74. The fourth-order valence-electron chi connectivity index (χ4n) is 1.67. The van der Waals surface area contributed by atoms with Gasteiger partial charge in [-0.1, -0.05) is 0 Å². The molecule has 2 aromatic heterocycles. The lowest BCUT2D eigenvalue weighted by Crippen LogP contribution is -2.10. The fraction of sp³-hybridized carbons (Fsp3) is 0. The maximum atomic E-state index is 11.9. The molecular formula is C13H9BrN4O2. The topological polar surface area (TPSA) is 73.0 Å². The summed E-state index contributed by atoms with van der Waals surface area (Å²) >= 11 is 3.16. The molecule has 1 aromatic carbocycles. The van der Waals surface area contributed by atoms with Crippen molar-refractivity contribution in [3.05, 3.63) is 59.5 Å². The number of carbonyl (C=O) groups excluding carboxylic acids is 1. The van der Waals surface area contributed by atoms with E-state index in [4.69, 9.17) is 4.42 Å². The van der Waals surface area contributed by atoms with E-state index in [2.05, 4.69) is 31.3 Å². The normalized spacial score (nSPS) is 10.4. The average Bonchev–Trinajstić information content (AvgIpc) is 3.10. The van der Waals surface area contributed by atoms with Crippen molar-refractivity contribution in [2.45, 2.75) is 0 Å². The standard InChI is InChI=1S/C13H9BrN4O2/c14-12-6-5-11(20-12)13(19)17-9-1-3-10(4-2-9)18-8-15-7-16-18/h1-8H,(H,17,19). The molecule has 0 aliphatic carbocycles. The molecule has 3 rings (SSSR count). The van der Waals surface area contributed by atoms with Gasteiger partial charge in [-0.3, -0.25) is 4.79 Å². The molecule has 0 saturated heterocycles. The van der Waals surface area contributed by atoms with E-state index in [9.17, 15) is 4.79 Å². The van der Waals surface area contributed by atoms with Crippen molar-refractivity contribution in [3.8, 4) is 5.69 Å². The first-order valence-corrected chi connectivity index (χ1v) is 6.53. The van der Waals surface area contributed by atoms with E-state index in [1.807, 2.05) is 12.1 Å². The van der Waals surface area contributed by atoms with Gasteiger partial charge in [0.1, 0.15) is 12.7 Å². The van der Waals surface area contributed by atoms with Gasteiger partial charge in [0.15, 0.2) is 10.4 Å². The van der Waals surface area contributed by atoms with E-state index in [0.717, 1.165) is 5.69 Å². The van der Waals surface area contributed by atoms with Crippen LogP contribution < -0.4 is 5.32 Å². The van der Waals surface area contributed by atoms with Crippen molar-refractivity contribution in [2.75, 3.05) is 5.32 Å². The Labute approximate surface area is 122 Å². The molecule has 0 bridgehead atoms. The average molecular weight is 333 g/mol. The first-order valence-electron chi connectivity index (χ1n) is 5.74. The smallest absolute Gasteiger partial charge is 0.291 e. The number of hydrogen-bond acceptors (Lipinski definition) is 4. The van der Waals surface area contributed by atoms with Crippen LogP contribution in [0.1, 0.15) is 10.6 Å². The number of carbonyl (C=O) groups is 1. The Kier molecular flexibility index (Phi) is 3.34. The highest BCUT2D eigenvalue weighted by Crippen LogP contribution is 2.17. The SMILES string of the molecule is O=C(Nc1ccc(-n2cncn2)cc1)c1ccc(Br)o1. The third kappa shape index (κ3) is 2.62.